The second kappa shape index (κ2) is 6.80. The first kappa shape index (κ1) is 12.5. The Labute approximate surface area is 91.8 Å². The van der Waals surface area contributed by atoms with Gasteiger partial charge in [0.05, 0.1) is 7.11 Å². The molecule has 1 atom stereocenters. The number of esters is 1. The van der Waals surface area contributed by atoms with Crippen LogP contribution in [0.1, 0.15) is 32.1 Å². The van der Waals surface area contributed by atoms with Gasteiger partial charge in [0.2, 0.25) is 0 Å². The molecule has 0 aliphatic carbocycles. The molecule has 1 aliphatic heterocycles. The zero-order valence-electron chi connectivity index (χ0n) is 9.58. The van der Waals surface area contributed by atoms with E-state index in [1.165, 1.54) is 32.8 Å². The molecule has 0 spiro atoms. The van der Waals surface area contributed by atoms with Crippen LogP contribution in [0.3, 0.4) is 0 Å². The lowest BCUT2D eigenvalue weighted by molar-refractivity contribution is -0.142. The first-order chi connectivity index (χ1) is 7.24. The van der Waals surface area contributed by atoms with Crippen LogP contribution in [-0.4, -0.2) is 43.7 Å². The zero-order chi connectivity index (χ0) is 11.1. The molecule has 1 fully saturated rings. The van der Waals surface area contributed by atoms with Crippen molar-refractivity contribution in [1.29, 1.82) is 0 Å². The highest BCUT2D eigenvalue weighted by molar-refractivity contribution is 5.75. The molecule has 0 aromatic heterocycles. The molecule has 0 bridgehead atoms. The molecule has 88 valence electrons. The van der Waals surface area contributed by atoms with Gasteiger partial charge in [-0.15, -0.1) is 0 Å². The van der Waals surface area contributed by atoms with Crippen LogP contribution in [0, 0.1) is 0 Å². The van der Waals surface area contributed by atoms with E-state index in [2.05, 4.69) is 9.64 Å². The van der Waals surface area contributed by atoms with Gasteiger partial charge in [0.15, 0.2) is 0 Å². The first-order valence-electron chi connectivity index (χ1n) is 5.80. The van der Waals surface area contributed by atoms with E-state index >= 15 is 0 Å². The summed E-state index contributed by atoms with van der Waals surface area (Å²) in [5.41, 5.74) is 5.68. The fraction of sp³-hybridized carbons (Fsp3) is 0.909. The number of nitrogens with zero attached hydrogens (tertiary/aromatic N) is 1. The van der Waals surface area contributed by atoms with Crippen molar-refractivity contribution in [3.8, 4) is 0 Å². The molecule has 1 unspecified atom stereocenters. The highest BCUT2D eigenvalue weighted by atomic mass is 16.5. The van der Waals surface area contributed by atoms with Gasteiger partial charge in [-0.3, -0.25) is 4.79 Å². The molecule has 0 aromatic rings. The quantitative estimate of drug-likeness (QED) is 0.702. The first-order valence-corrected chi connectivity index (χ1v) is 5.80. The number of ether oxygens (including phenoxy) is 1. The predicted molar refractivity (Wildman–Crippen MR) is 59.5 cm³/mol. The normalized spacial score (nSPS) is 20.7. The summed E-state index contributed by atoms with van der Waals surface area (Å²) in [5.74, 6) is -0.301. The SMILES string of the molecule is COC(=O)C(N)CCN1CCCCCC1. The summed E-state index contributed by atoms with van der Waals surface area (Å²) in [7, 11) is 1.38. The van der Waals surface area contributed by atoms with E-state index in [4.69, 9.17) is 5.73 Å². The summed E-state index contributed by atoms with van der Waals surface area (Å²) in [6, 6.07) is -0.460. The van der Waals surface area contributed by atoms with Gasteiger partial charge in [0, 0.05) is 6.54 Å². The van der Waals surface area contributed by atoms with Crippen molar-refractivity contribution in [1.82, 2.24) is 4.90 Å². The molecule has 1 aliphatic rings. The largest absolute Gasteiger partial charge is 0.468 e. The van der Waals surface area contributed by atoms with Crippen molar-refractivity contribution in [2.45, 2.75) is 38.1 Å². The number of rotatable bonds is 4. The maximum absolute atomic E-state index is 11.1. The molecule has 4 nitrogen and oxygen atoms in total. The third kappa shape index (κ3) is 4.62. The Bertz CT molecular complexity index is 189. The van der Waals surface area contributed by atoms with Crippen LogP contribution < -0.4 is 5.73 Å². The number of methoxy groups -OCH3 is 1. The van der Waals surface area contributed by atoms with Crippen molar-refractivity contribution < 1.29 is 9.53 Å². The number of likely N-dealkylation sites (tertiary alicyclic amines) is 1. The minimum Gasteiger partial charge on any atom is -0.468 e. The predicted octanol–water partition coefficient (Wildman–Crippen LogP) is 0.753. The fourth-order valence-corrected chi connectivity index (χ4v) is 1.95. The number of hydrogen-bond acceptors (Lipinski definition) is 4. The molecule has 15 heavy (non-hydrogen) atoms. The molecule has 0 saturated carbocycles. The van der Waals surface area contributed by atoms with Gasteiger partial charge in [-0.05, 0) is 32.4 Å². The van der Waals surface area contributed by atoms with E-state index in [9.17, 15) is 4.79 Å². The van der Waals surface area contributed by atoms with E-state index in [0.717, 1.165) is 19.6 Å². The Hall–Kier alpha value is -0.610. The van der Waals surface area contributed by atoms with Crippen LogP contribution in [-0.2, 0) is 9.53 Å². The molecule has 1 heterocycles. The molecule has 1 saturated heterocycles. The minimum atomic E-state index is -0.460. The van der Waals surface area contributed by atoms with Crippen LogP contribution in [0.25, 0.3) is 0 Å². The Morgan fingerprint density at radius 3 is 2.47 bits per heavy atom. The topological polar surface area (TPSA) is 55.6 Å². The molecular weight excluding hydrogens is 192 g/mol. The lowest BCUT2D eigenvalue weighted by Crippen LogP contribution is -2.36. The van der Waals surface area contributed by atoms with Crippen molar-refractivity contribution >= 4 is 5.97 Å². The van der Waals surface area contributed by atoms with Gasteiger partial charge in [-0.1, -0.05) is 12.8 Å². The Morgan fingerprint density at radius 2 is 1.93 bits per heavy atom. The van der Waals surface area contributed by atoms with Crippen molar-refractivity contribution in [3.05, 3.63) is 0 Å². The summed E-state index contributed by atoms with van der Waals surface area (Å²) in [6.07, 6.45) is 5.91. The summed E-state index contributed by atoms with van der Waals surface area (Å²) in [4.78, 5) is 13.5. The maximum Gasteiger partial charge on any atom is 0.322 e. The number of nitrogens with two attached hydrogens (primary N) is 1. The van der Waals surface area contributed by atoms with Crippen LogP contribution in [0.4, 0.5) is 0 Å². The van der Waals surface area contributed by atoms with Crippen molar-refractivity contribution in [3.63, 3.8) is 0 Å². The number of carbonyl (C=O) groups excluding carboxylic acids is 1. The Morgan fingerprint density at radius 1 is 1.33 bits per heavy atom. The lowest BCUT2D eigenvalue weighted by atomic mass is 10.2. The molecule has 0 amide bonds. The van der Waals surface area contributed by atoms with Crippen LogP contribution in [0.15, 0.2) is 0 Å². The van der Waals surface area contributed by atoms with Crippen LogP contribution >= 0.6 is 0 Å². The smallest absolute Gasteiger partial charge is 0.322 e. The summed E-state index contributed by atoms with van der Waals surface area (Å²) >= 11 is 0. The minimum absolute atomic E-state index is 0.301. The van der Waals surface area contributed by atoms with Crippen molar-refractivity contribution in [2.24, 2.45) is 5.73 Å². The van der Waals surface area contributed by atoms with E-state index in [0.29, 0.717) is 6.42 Å². The molecule has 0 aromatic carbocycles. The van der Waals surface area contributed by atoms with E-state index in [1.807, 2.05) is 0 Å². The van der Waals surface area contributed by atoms with Crippen LogP contribution in [0.5, 0.6) is 0 Å². The average molecular weight is 214 g/mol. The number of carbonyl (C=O) groups is 1. The zero-order valence-corrected chi connectivity index (χ0v) is 9.58. The lowest BCUT2D eigenvalue weighted by Gasteiger charge is -2.20. The standard InChI is InChI=1S/C11H22N2O2/c1-15-11(14)10(12)6-9-13-7-4-2-3-5-8-13/h10H,2-9,12H2,1H3. The van der Waals surface area contributed by atoms with Crippen LogP contribution in [0.2, 0.25) is 0 Å². The fourth-order valence-electron chi connectivity index (χ4n) is 1.95. The summed E-state index contributed by atoms with van der Waals surface area (Å²) in [6.45, 7) is 3.21. The van der Waals surface area contributed by atoms with Gasteiger partial charge in [0.25, 0.3) is 0 Å². The van der Waals surface area contributed by atoms with Gasteiger partial charge >= 0.3 is 5.97 Å². The van der Waals surface area contributed by atoms with Gasteiger partial charge in [-0.25, -0.2) is 0 Å². The summed E-state index contributed by atoms with van der Waals surface area (Å²) < 4.78 is 4.59. The molecule has 2 N–H and O–H groups in total. The highest BCUT2D eigenvalue weighted by Gasteiger charge is 2.16. The Balaban J connectivity index is 2.19. The third-order valence-corrected chi connectivity index (χ3v) is 2.96. The van der Waals surface area contributed by atoms with Gasteiger partial charge in [-0.2, -0.15) is 0 Å². The van der Waals surface area contributed by atoms with E-state index in [-0.39, 0.29) is 5.97 Å². The van der Waals surface area contributed by atoms with E-state index in [1.54, 1.807) is 0 Å². The maximum atomic E-state index is 11.1. The van der Waals surface area contributed by atoms with Gasteiger partial charge < -0.3 is 15.4 Å². The second-order valence-corrected chi connectivity index (χ2v) is 4.17. The Kier molecular flexibility index (Phi) is 5.65. The molecule has 0 radical (unpaired) electrons. The average Bonchev–Trinajstić information content (AvgIpc) is 2.53. The summed E-state index contributed by atoms with van der Waals surface area (Å²) in [5, 5.41) is 0. The highest BCUT2D eigenvalue weighted by Crippen LogP contribution is 2.10. The number of hydrogen-bond donors (Lipinski definition) is 1. The van der Waals surface area contributed by atoms with Gasteiger partial charge in [0.1, 0.15) is 6.04 Å². The monoisotopic (exact) mass is 214 g/mol. The van der Waals surface area contributed by atoms with E-state index < -0.39 is 6.04 Å². The molecule has 1 rings (SSSR count). The third-order valence-electron chi connectivity index (χ3n) is 2.96. The van der Waals surface area contributed by atoms with Crippen molar-refractivity contribution in [2.75, 3.05) is 26.7 Å². The molecular formula is C11H22N2O2. The second-order valence-electron chi connectivity index (χ2n) is 4.17. The molecule has 4 heteroatoms.